The summed E-state index contributed by atoms with van der Waals surface area (Å²) in [5.41, 5.74) is 6.48. The Morgan fingerprint density at radius 1 is 1.13 bits per heavy atom. The van der Waals surface area contributed by atoms with Crippen molar-refractivity contribution in [3.63, 3.8) is 0 Å². The molecule has 10 heteroatoms. The van der Waals surface area contributed by atoms with Crippen molar-refractivity contribution in [1.29, 1.82) is 0 Å². The summed E-state index contributed by atoms with van der Waals surface area (Å²) < 4.78 is 52.8. The van der Waals surface area contributed by atoms with Crippen molar-refractivity contribution in [3.05, 3.63) is 47.4 Å². The maximum absolute atomic E-state index is 13.2. The molecule has 0 saturated carbocycles. The second-order valence-electron chi connectivity index (χ2n) is 7.97. The lowest BCUT2D eigenvalue weighted by molar-refractivity contribution is -0.137. The maximum atomic E-state index is 13.2. The Bertz CT molecular complexity index is 1190. The minimum absolute atomic E-state index is 0.0352. The molecule has 0 amide bonds. The third-order valence-electron chi connectivity index (χ3n) is 5.54. The highest BCUT2D eigenvalue weighted by Crippen LogP contribution is 2.50. The summed E-state index contributed by atoms with van der Waals surface area (Å²) in [7, 11) is -2.52. The first-order valence-electron chi connectivity index (χ1n) is 10.0. The van der Waals surface area contributed by atoms with Crippen molar-refractivity contribution < 1.29 is 17.7 Å². The molecule has 1 aromatic carbocycles. The molecule has 1 fully saturated rings. The first kappa shape index (κ1) is 21.6. The number of alkyl halides is 3. The van der Waals surface area contributed by atoms with E-state index in [2.05, 4.69) is 20.3 Å². The summed E-state index contributed by atoms with van der Waals surface area (Å²) in [6.07, 6.45) is 0.217. The number of hydrogen-bond donors (Lipinski definition) is 2. The van der Waals surface area contributed by atoms with Crippen LogP contribution in [-0.2, 0) is 10.7 Å². The van der Waals surface area contributed by atoms with Gasteiger partial charge in [-0.2, -0.15) is 13.2 Å². The van der Waals surface area contributed by atoms with Crippen molar-refractivity contribution in [2.45, 2.75) is 38.9 Å². The third kappa shape index (κ3) is 4.37. The fraction of sp³-hybridized carbons (Fsp3) is 0.381. The van der Waals surface area contributed by atoms with Crippen LogP contribution >= 0.6 is 7.14 Å². The van der Waals surface area contributed by atoms with Gasteiger partial charge in [-0.15, -0.1) is 0 Å². The van der Waals surface area contributed by atoms with Crippen molar-refractivity contribution >= 4 is 35.0 Å². The number of hydrogen-bond acceptors (Lipinski definition) is 6. The van der Waals surface area contributed by atoms with Crippen LogP contribution in [0.3, 0.4) is 0 Å². The zero-order valence-corrected chi connectivity index (χ0v) is 18.1. The van der Waals surface area contributed by atoms with Crippen molar-refractivity contribution in [1.82, 2.24) is 15.0 Å². The van der Waals surface area contributed by atoms with E-state index in [4.69, 9.17) is 5.73 Å². The van der Waals surface area contributed by atoms with Gasteiger partial charge >= 0.3 is 6.18 Å². The molecule has 1 aliphatic heterocycles. The van der Waals surface area contributed by atoms with Crippen LogP contribution in [-0.4, -0.2) is 27.3 Å². The van der Waals surface area contributed by atoms with Crippen LogP contribution in [0.2, 0.25) is 0 Å². The van der Waals surface area contributed by atoms with Gasteiger partial charge in [-0.25, -0.2) is 9.97 Å². The van der Waals surface area contributed by atoms with Gasteiger partial charge in [-0.05, 0) is 56.5 Å². The smallest absolute Gasteiger partial charge is 0.399 e. The summed E-state index contributed by atoms with van der Waals surface area (Å²) in [4.78, 5) is 13.3. The first-order chi connectivity index (χ1) is 14.5. The number of aromatic nitrogens is 3. The fourth-order valence-corrected chi connectivity index (χ4v) is 6.71. The number of nitrogens with two attached hydrogens (primary N) is 1. The molecular formula is C21H23F3N5OP. The minimum Gasteiger partial charge on any atom is -0.399 e. The predicted octanol–water partition coefficient (Wildman–Crippen LogP) is 4.89. The Labute approximate surface area is 177 Å². The van der Waals surface area contributed by atoms with E-state index in [1.807, 2.05) is 0 Å². The predicted molar refractivity (Wildman–Crippen MR) is 116 cm³/mol. The summed E-state index contributed by atoms with van der Waals surface area (Å²) in [6, 6.07) is 4.75. The van der Waals surface area contributed by atoms with E-state index in [0.29, 0.717) is 45.9 Å². The quantitative estimate of drug-likeness (QED) is 0.435. The van der Waals surface area contributed by atoms with Crippen LogP contribution in [0.1, 0.15) is 42.8 Å². The lowest BCUT2D eigenvalue weighted by Gasteiger charge is -2.19. The molecule has 1 aliphatic rings. The lowest BCUT2D eigenvalue weighted by Crippen LogP contribution is -2.15. The average molecular weight is 449 g/mol. The average Bonchev–Trinajstić information content (AvgIpc) is 3.14. The molecule has 0 aliphatic carbocycles. The van der Waals surface area contributed by atoms with Crippen LogP contribution in [0.15, 0.2) is 30.5 Å². The molecule has 3 N–H and O–H groups in total. The number of pyridine rings is 1. The maximum Gasteiger partial charge on any atom is 0.416 e. The molecule has 0 unspecified atom stereocenters. The highest BCUT2D eigenvalue weighted by atomic mass is 31.2. The normalized spacial score (nSPS) is 17.1. The van der Waals surface area contributed by atoms with Crippen molar-refractivity contribution in [2.75, 3.05) is 23.4 Å². The fourth-order valence-electron chi connectivity index (χ4n) is 3.92. The van der Waals surface area contributed by atoms with E-state index >= 15 is 0 Å². The molecule has 4 rings (SSSR count). The first-order valence-corrected chi connectivity index (χ1v) is 12.1. The van der Waals surface area contributed by atoms with Crippen LogP contribution in [0.25, 0.3) is 10.9 Å². The monoisotopic (exact) mass is 449 g/mol. The Morgan fingerprint density at radius 2 is 1.84 bits per heavy atom. The molecule has 0 bridgehead atoms. The number of anilines is 2. The Kier molecular flexibility index (Phi) is 5.41. The van der Waals surface area contributed by atoms with E-state index < -0.39 is 24.9 Å². The highest BCUT2D eigenvalue weighted by Gasteiger charge is 2.32. The van der Waals surface area contributed by atoms with E-state index in [0.717, 1.165) is 25.0 Å². The van der Waals surface area contributed by atoms with Gasteiger partial charge in [0.25, 0.3) is 0 Å². The molecule has 2 aromatic heterocycles. The largest absolute Gasteiger partial charge is 0.416 e. The molecule has 3 aromatic rings. The molecule has 164 valence electrons. The van der Waals surface area contributed by atoms with E-state index in [1.165, 1.54) is 6.07 Å². The Hall–Kier alpha value is -2.67. The van der Waals surface area contributed by atoms with Gasteiger partial charge in [0.05, 0.1) is 23.3 Å². The Balaban J connectivity index is 1.74. The summed E-state index contributed by atoms with van der Waals surface area (Å²) in [5.74, 6) is 0.952. The van der Waals surface area contributed by atoms with Crippen LogP contribution in [0.4, 0.5) is 24.7 Å². The van der Waals surface area contributed by atoms with Crippen LogP contribution in [0.5, 0.6) is 0 Å². The summed E-state index contributed by atoms with van der Waals surface area (Å²) >= 11 is 0. The molecule has 6 nitrogen and oxygen atoms in total. The van der Waals surface area contributed by atoms with Gasteiger partial charge in [0.2, 0.25) is 0 Å². The third-order valence-corrected chi connectivity index (χ3v) is 8.70. The Morgan fingerprint density at radius 3 is 2.52 bits per heavy atom. The molecule has 1 saturated heterocycles. The van der Waals surface area contributed by atoms with E-state index in [9.17, 15) is 17.7 Å². The number of aryl methyl sites for hydroxylation is 1. The lowest BCUT2D eigenvalue weighted by atomic mass is 10.0. The number of benzene rings is 1. The number of nitrogens with one attached hydrogen (secondary N) is 1. The highest BCUT2D eigenvalue weighted by molar-refractivity contribution is 7.71. The van der Waals surface area contributed by atoms with Crippen molar-refractivity contribution in [3.8, 4) is 0 Å². The molecule has 1 atom stereocenters. The number of rotatable bonds is 4. The van der Waals surface area contributed by atoms with Crippen LogP contribution in [0, 0.1) is 6.92 Å². The number of nitrogen functional groups attached to an aromatic ring is 1. The SMILES string of the molecule is Cc1nc(N[C@H](C)c2cc(N)cc(C(F)(F)F)c2)c2cc(P3(=O)CCCC3)ncc2n1. The second kappa shape index (κ2) is 7.79. The summed E-state index contributed by atoms with van der Waals surface area (Å²) in [6.45, 7) is 3.46. The molecular weight excluding hydrogens is 426 g/mol. The summed E-state index contributed by atoms with van der Waals surface area (Å²) in [5, 5.41) is 3.83. The van der Waals surface area contributed by atoms with Gasteiger partial charge in [0.15, 0.2) is 0 Å². The van der Waals surface area contributed by atoms with E-state index in [1.54, 1.807) is 26.1 Å². The topological polar surface area (TPSA) is 93.8 Å². The van der Waals surface area contributed by atoms with Gasteiger partial charge in [-0.1, -0.05) is 0 Å². The van der Waals surface area contributed by atoms with E-state index in [-0.39, 0.29) is 5.69 Å². The number of nitrogens with zero attached hydrogens (tertiary/aromatic N) is 3. The molecule has 31 heavy (non-hydrogen) atoms. The molecule has 0 radical (unpaired) electrons. The van der Waals surface area contributed by atoms with Gasteiger partial charge < -0.3 is 15.6 Å². The van der Waals surface area contributed by atoms with Gasteiger partial charge in [0, 0.05) is 23.4 Å². The molecule has 0 spiro atoms. The van der Waals surface area contributed by atoms with Crippen molar-refractivity contribution in [2.24, 2.45) is 0 Å². The second-order valence-corrected chi connectivity index (χ2v) is 11.1. The number of fused-ring (bicyclic) bond motifs is 1. The molecule has 3 heterocycles. The zero-order valence-electron chi connectivity index (χ0n) is 17.2. The minimum atomic E-state index is -4.49. The van der Waals surface area contributed by atoms with Gasteiger partial charge in [0.1, 0.15) is 24.2 Å². The van der Waals surface area contributed by atoms with Gasteiger partial charge in [-0.3, -0.25) is 4.98 Å². The van der Waals surface area contributed by atoms with Crippen LogP contribution < -0.4 is 16.5 Å². The number of halogens is 3. The zero-order chi connectivity index (χ0) is 22.4. The standard InChI is InChI=1S/C21H23F3N5OP/c1-12(14-7-15(21(22,23)24)9-16(25)8-14)27-20-17-10-19(31(30)5-3-4-6-31)26-11-18(17)28-13(2)29-20/h7-12H,3-6,25H2,1-2H3,(H,27,28,29)/t12-/m1/s1.